The zero-order valence-electron chi connectivity index (χ0n) is 25.2. The Hall–Kier alpha value is -5.23. The van der Waals surface area contributed by atoms with Gasteiger partial charge in [-0.2, -0.15) is 0 Å². The van der Waals surface area contributed by atoms with Gasteiger partial charge in [0.25, 0.3) is 0 Å². The quantitative estimate of drug-likeness (QED) is 0.180. The van der Waals surface area contributed by atoms with Crippen LogP contribution in [0.15, 0.2) is 91.0 Å². The Labute approximate surface area is 266 Å². The van der Waals surface area contributed by atoms with Crippen molar-refractivity contribution >= 4 is 29.8 Å². The maximum atomic E-state index is 13.4. The molecule has 0 bridgehead atoms. The summed E-state index contributed by atoms with van der Waals surface area (Å²) in [6.07, 6.45) is -2.21. The Morgan fingerprint density at radius 2 is 1.28 bits per heavy atom. The Morgan fingerprint density at radius 1 is 0.761 bits per heavy atom. The van der Waals surface area contributed by atoms with E-state index >= 15 is 0 Å². The number of hydrogen-bond donors (Lipinski definition) is 3. The van der Waals surface area contributed by atoms with Crippen molar-refractivity contribution in [3.63, 3.8) is 0 Å². The van der Waals surface area contributed by atoms with Crippen LogP contribution >= 0.6 is 0 Å². The summed E-state index contributed by atoms with van der Waals surface area (Å²) < 4.78 is 15.9. The number of carbonyl (C=O) groups excluding carboxylic acids is 5. The standard InChI is InChI=1S/C34H37N3O9/c38-27-18-29(37(20-27)30(39)19-35-34(43)46-23-26-14-8-3-9-15-26)32(41)36-28(33(42)45-22-25-12-6-2-7-13-25)16-17-31(40)44-21-24-10-4-1-5-11-24/h1-15,27-29,38H,16-23H2,(H,35,43)(H,36,41)/t27-,28+,29+/m1/s1. The summed E-state index contributed by atoms with van der Waals surface area (Å²) in [4.78, 5) is 65.2. The number of hydrogen-bond acceptors (Lipinski definition) is 9. The van der Waals surface area contributed by atoms with Crippen molar-refractivity contribution in [1.29, 1.82) is 0 Å². The molecule has 1 fully saturated rings. The molecular formula is C34H37N3O9. The van der Waals surface area contributed by atoms with Crippen LogP contribution in [0.25, 0.3) is 0 Å². The number of β-amino-alcohol motifs (C(OH)–C–C–N with tert-alkyl or cyclic N) is 1. The zero-order valence-corrected chi connectivity index (χ0v) is 25.2. The normalized spacial score (nSPS) is 16.2. The molecule has 3 N–H and O–H groups in total. The molecule has 3 amide bonds. The largest absolute Gasteiger partial charge is 0.461 e. The fourth-order valence-corrected chi connectivity index (χ4v) is 4.78. The number of amides is 3. The van der Waals surface area contributed by atoms with Crippen molar-refractivity contribution in [3.8, 4) is 0 Å². The highest BCUT2D eigenvalue weighted by atomic mass is 16.5. The van der Waals surface area contributed by atoms with Crippen LogP contribution in [-0.2, 0) is 53.2 Å². The molecule has 0 aromatic heterocycles. The van der Waals surface area contributed by atoms with Gasteiger partial charge in [0.2, 0.25) is 11.8 Å². The predicted molar refractivity (Wildman–Crippen MR) is 164 cm³/mol. The average molecular weight is 632 g/mol. The first-order valence-corrected chi connectivity index (χ1v) is 14.9. The number of nitrogens with one attached hydrogen (secondary N) is 2. The van der Waals surface area contributed by atoms with E-state index in [0.717, 1.165) is 21.6 Å². The molecular weight excluding hydrogens is 594 g/mol. The van der Waals surface area contributed by atoms with Crippen molar-refractivity contribution in [2.24, 2.45) is 0 Å². The highest BCUT2D eigenvalue weighted by Gasteiger charge is 2.40. The molecule has 0 spiro atoms. The van der Waals surface area contributed by atoms with Crippen LogP contribution in [0.4, 0.5) is 4.79 Å². The van der Waals surface area contributed by atoms with E-state index in [2.05, 4.69) is 10.6 Å². The molecule has 3 aromatic carbocycles. The van der Waals surface area contributed by atoms with Gasteiger partial charge >= 0.3 is 18.0 Å². The first-order valence-electron chi connectivity index (χ1n) is 14.9. The van der Waals surface area contributed by atoms with Crippen LogP contribution in [0.3, 0.4) is 0 Å². The molecule has 1 heterocycles. The second-order valence-corrected chi connectivity index (χ2v) is 10.7. The molecule has 242 valence electrons. The van der Waals surface area contributed by atoms with Gasteiger partial charge in [-0.15, -0.1) is 0 Å². The van der Waals surface area contributed by atoms with Crippen LogP contribution in [0.5, 0.6) is 0 Å². The topological polar surface area (TPSA) is 161 Å². The Kier molecular flexibility index (Phi) is 12.7. The minimum absolute atomic E-state index is 0.00980. The molecule has 12 heteroatoms. The lowest BCUT2D eigenvalue weighted by Crippen LogP contribution is -2.52. The molecule has 46 heavy (non-hydrogen) atoms. The lowest BCUT2D eigenvalue weighted by Gasteiger charge is -2.26. The van der Waals surface area contributed by atoms with Gasteiger partial charge in [0.15, 0.2) is 0 Å². The lowest BCUT2D eigenvalue weighted by molar-refractivity contribution is -0.151. The van der Waals surface area contributed by atoms with Crippen LogP contribution in [-0.4, -0.2) is 71.1 Å². The van der Waals surface area contributed by atoms with Gasteiger partial charge in [-0.3, -0.25) is 14.4 Å². The van der Waals surface area contributed by atoms with Crippen LogP contribution in [0, 0.1) is 0 Å². The highest BCUT2D eigenvalue weighted by molar-refractivity contribution is 5.92. The first-order chi connectivity index (χ1) is 22.3. The van der Waals surface area contributed by atoms with Gasteiger partial charge in [-0.1, -0.05) is 91.0 Å². The number of alkyl carbamates (subject to hydrolysis) is 1. The van der Waals surface area contributed by atoms with Crippen LogP contribution in [0.2, 0.25) is 0 Å². The minimum atomic E-state index is -1.23. The number of esters is 2. The molecule has 1 aliphatic heterocycles. The van der Waals surface area contributed by atoms with Crippen LogP contribution < -0.4 is 10.6 Å². The SMILES string of the molecule is O=C(CC[C@H](NC(=O)[C@@H]1C[C@@H](O)CN1C(=O)CNC(=O)OCc1ccccc1)C(=O)OCc1ccccc1)OCc1ccccc1. The van der Waals surface area contributed by atoms with Crippen molar-refractivity contribution in [3.05, 3.63) is 108 Å². The third kappa shape index (κ3) is 10.7. The Bertz CT molecular complexity index is 1450. The second-order valence-electron chi connectivity index (χ2n) is 10.7. The van der Waals surface area contributed by atoms with Crippen molar-refractivity contribution in [2.45, 2.75) is 57.3 Å². The van der Waals surface area contributed by atoms with Gasteiger partial charge in [0.05, 0.1) is 6.10 Å². The number of rotatable bonds is 14. The number of ether oxygens (including phenoxy) is 3. The van der Waals surface area contributed by atoms with Gasteiger partial charge in [-0.25, -0.2) is 9.59 Å². The lowest BCUT2D eigenvalue weighted by atomic mass is 10.1. The third-order valence-electron chi connectivity index (χ3n) is 7.20. The molecule has 0 aliphatic carbocycles. The van der Waals surface area contributed by atoms with E-state index in [9.17, 15) is 29.1 Å². The maximum absolute atomic E-state index is 13.4. The zero-order chi connectivity index (χ0) is 32.7. The van der Waals surface area contributed by atoms with E-state index in [1.54, 1.807) is 48.5 Å². The van der Waals surface area contributed by atoms with Gasteiger partial charge in [0, 0.05) is 19.4 Å². The van der Waals surface area contributed by atoms with E-state index in [0.29, 0.717) is 0 Å². The van der Waals surface area contributed by atoms with E-state index in [1.807, 2.05) is 42.5 Å². The Morgan fingerprint density at radius 3 is 1.85 bits per heavy atom. The number of nitrogens with zero attached hydrogens (tertiary/aromatic N) is 1. The molecule has 1 saturated heterocycles. The predicted octanol–water partition coefficient (Wildman–Crippen LogP) is 2.63. The monoisotopic (exact) mass is 631 g/mol. The molecule has 0 radical (unpaired) electrons. The van der Waals surface area contributed by atoms with Crippen molar-refractivity contribution in [1.82, 2.24) is 15.5 Å². The first kappa shape index (κ1) is 33.7. The van der Waals surface area contributed by atoms with Gasteiger partial charge in [0.1, 0.15) is 38.4 Å². The van der Waals surface area contributed by atoms with E-state index < -0.39 is 54.6 Å². The highest BCUT2D eigenvalue weighted by Crippen LogP contribution is 2.19. The van der Waals surface area contributed by atoms with Gasteiger partial charge in [-0.05, 0) is 23.1 Å². The molecule has 3 atom stereocenters. The summed E-state index contributed by atoms with van der Waals surface area (Å²) in [6, 6.07) is 24.7. The second kappa shape index (κ2) is 17.3. The van der Waals surface area contributed by atoms with E-state index in [1.165, 1.54) is 0 Å². The average Bonchev–Trinajstić information content (AvgIpc) is 3.49. The number of benzene rings is 3. The fraction of sp³-hybridized carbons (Fsp3) is 0.324. The third-order valence-corrected chi connectivity index (χ3v) is 7.20. The molecule has 12 nitrogen and oxygen atoms in total. The van der Waals surface area contributed by atoms with Crippen molar-refractivity contribution < 1.29 is 43.3 Å². The summed E-state index contributed by atoms with van der Waals surface area (Å²) in [6.45, 7) is -0.605. The van der Waals surface area contributed by atoms with E-state index in [4.69, 9.17) is 14.2 Å². The number of carbonyl (C=O) groups is 5. The summed E-state index contributed by atoms with van der Waals surface area (Å²) in [5.74, 6) is -2.68. The summed E-state index contributed by atoms with van der Waals surface area (Å²) in [7, 11) is 0. The molecule has 0 saturated carbocycles. The maximum Gasteiger partial charge on any atom is 0.407 e. The van der Waals surface area contributed by atoms with Crippen LogP contribution in [0.1, 0.15) is 36.0 Å². The minimum Gasteiger partial charge on any atom is -0.461 e. The molecule has 0 unspecified atom stereocenters. The molecule has 1 aliphatic rings. The molecule has 3 aromatic rings. The fourth-order valence-electron chi connectivity index (χ4n) is 4.78. The smallest absolute Gasteiger partial charge is 0.407 e. The molecule has 4 rings (SSSR count). The summed E-state index contributed by atoms with van der Waals surface area (Å²) >= 11 is 0. The Balaban J connectivity index is 1.33. The number of aliphatic hydroxyl groups excluding tert-OH is 1. The number of likely N-dealkylation sites (tertiary alicyclic amines) is 1. The summed E-state index contributed by atoms with van der Waals surface area (Å²) in [5.41, 5.74) is 2.30. The van der Waals surface area contributed by atoms with E-state index in [-0.39, 0.29) is 45.6 Å². The van der Waals surface area contributed by atoms with Gasteiger partial charge < -0.3 is 34.9 Å². The number of aliphatic hydroxyl groups is 1. The van der Waals surface area contributed by atoms with Crippen molar-refractivity contribution in [2.75, 3.05) is 13.1 Å². The summed E-state index contributed by atoms with van der Waals surface area (Å²) in [5, 5.41) is 15.3.